The van der Waals surface area contributed by atoms with Gasteiger partial charge in [0.2, 0.25) is 0 Å². The molecule has 0 saturated heterocycles. The summed E-state index contributed by atoms with van der Waals surface area (Å²) in [7, 11) is 0. The Hall–Kier alpha value is -3.48. The Morgan fingerprint density at radius 1 is 1.12 bits per heavy atom. The van der Waals surface area contributed by atoms with Crippen molar-refractivity contribution in [1.82, 2.24) is 0 Å². The smallest absolute Gasteiger partial charge is 0.337 e. The van der Waals surface area contributed by atoms with E-state index in [1.807, 2.05) is 18.2 Å². The Balaban J connectivity index is 1.86. The molecular formula is C17H14N4O3. The van der Waals surface area contributed by atoms with Crippen LogP contribution in [0.2, 0.25) is 0 Å². The van der Waals surface area contributed by atoms with Crippen LogP contribution in [-0.2, 0) is 4.79 Å². The van der Waals surface area contributed by atoms with Gasteiger partial charge in [-0.05, 0) is 31.2 Å². The van der Waals surface area contributed by atoms with Gasteiger partial charge in [-0.25, -0.2) is 4.79 Å². The molecule has 3 rings (SSSR count). The topological polar surface area (TPSA) is 94.4 Å². The standard InChI is InChI=1S/C17H14N4O3/c1-11-15(16(22)21(20-11)12-7-3-2-4-8-12)19-18-14-10-6-5-9-13(14)17(23)24/h2-10,18H,1H3,(H,23,24)/b19-15+. The van der Waals surface area contributed by atoms with Crippen LogP contribution in [0.25, 0.3) is 0 Å². The first kappa shape index (κ1) is 15.4. The van der Waals surface area contributed by atoms with E-state index in [2.05, 4.69) is 15.6 Å². The number of hydrogen-bond donors (Lipinski definition) is 2. The molecule has 2 aromatic carbocycles. The van der Waals surface area contributed by atoms with E-state index >= 15 is 0 Å². The number of nitrogens with one attached hydrogen (secondary N) is 1. The van der Waals surface area contributed by atoms with Crippen molar-refractivity contribution in [3.63, 3.8) is 0 Å². The van der Waals surface area contributed by atoms with Gasteiger partial charge in [0.05, 0.1) is 22.6 Å². The minimum absolute atomic E-state index is 0.0711. The molecule has 0 unspecified atom stereocenters. The van der Waals surface area contributed by atoms with Crippen molar-refractivity contribution in [2.24, 2.45) is 10.2 Å². The van der Waals surface area contributed by atoms with Gasteiger partial charge in [-0.1, -0.05) is 30.3 Å². The van der Waals surface area contributed by atoms with Crippen LogP contribution in [0, 0.1) is 0 Å². The molecule has 0 spiro atoms. The number of nitrogens with zero attached hydrogens (tertiary/aromatic N) is 3. The number of hydrazone groups is 2. The van der Waals surface area contributed by atoms with E-state index in [0.717, 1.165) is 0 Å². The summed E-state index contributed by atoms with van der Waals surface area (Å²) in [6.07, 6.45) is 0. The van der Waals surface area contributed by atoms with E-state index in [4.69, 9.17) is 5.11 Å². The highest BCUT2D eigenvalue weighted by Crippen LogP contribution is 2.20. The molecule has 1 aliphatic heterocycles. The second-order valence-corrected chi connectivity index (χ2v) is 5.06. The van der Waals surface area contributed by atoms with Gasteiger partial charge in [0, 0.05) is 0 Å². The Bertz CT molecular complexity index is 859. The van der Waals surface area contributed by atoms with Gasteiger partial charge >= 0.3 is 11.9 Å². The highest BCUT2D eigenvalue weighted by Gasteiger charge is 2.30. The normalized spacial score (nSPS) is 15.5. The molecule has 1 heterocycles. The van der Waals surface area contributed by atoms with E-state index in [0.29, 0.717) is 17.1 Å². The van der Waals surface area contributed by atoms with Crippen molar-refractivity contribution in [3.8, 4) is 0 Å². The minimum atomic E-state index is -1.08. The number of rotatable bonds is 4. The second kappa shape index (κ2) is 6.33. The third-order valence-electron chi connectivity index (χ3n) is 3.43. The van der Waals surface area contributed by atoms with Crippen LogP contribution >= 0.6 is 0 Å². The molecule has 0 saturated carbocycles. The SMILES string of the molecule is CC1=NN(c2ccccc2)C(=O)/C1=N/Nc1ccccc1C(=O)O. The average Bonchev–Trinajstić information content (AvgIpc) is 2.88. The van der Waals surface area contributed by atoms with Crippen LogP contribution in [0.5, 0.6) is 0 Å². The Morgan fingerprint density at radius 2 is 1.79 bits per heavy atom. The third-order valence-corrected chi connectivity index (χ3v) is 3.43. The summed E-state index contributed by atoms with van der Waals surface area (Å²) in [5.74, 6) is -1.45. The number of carbonyl (C=O) groups excluding carboxylic acids is 1. The molecule has 1 aliphatic rings. The van der Waals surface area contributed by atoms with Gasteiger partial charge < -0.3 is 5.11 Å². The zero-order valence-electron chi connectivity index (χ0n) is 12.8. The van der Waals surface area contributed by atoms with Gasteiger partial charge in [0.15, 0.2) is 5.71 Å². The molecule has 2 N–H and O–H groups in total. The summed E-state index contributed by atoms with van der Waals surface area (Å²) in [4.78, 5) is 23.7. The average molecular weight is 322 g/mol. The van der Waals surface area contributed by atoms with Gasteiger partial charge in [0.1, 0.15) is 0 Å². The molecule has 0 aliphatic carbocycles. The van der Waals surface area contributed by atoms with E-state index in [-0.39, 0.29) is 17.2 Å². The van der Waals surface area contributed by atoms with Gasteiger partial charge in [-0.2, -0.15) is 15.2 Å². The van der Waals surface area contributed by atoms with Crippen molar-refractivity contribution in [2.75, 3.05) is 10.4 Å². The number of amides is 1. The molecule has 0 bridgehead atoms. The summed E-state index contributed by atoms with van der Waals surface area (Å²) in [5.41, 5.74) is 4.24. The van der Waals surface area contributed by atoms with Gasteiger partial charge in [-0.3, -0.25) is 10.2 Å². The maximum atomic E-state index is 12.5. The van der Waals surface area contributed by atoms with Crippen molar-refractivity contribution >= 4 is 34.7 Å². The quantitative estimate of drug-likeness (QED) is 0.846. The molecule has 1 amide bonds. The lowest BCUT2D eigenvalue weighted by Crippen LogP contribution is -2.28. The molecule has 24 heavy (non-hydrogen) atoms. The number of hydrogen-bond acceptors (Lipinski definition) is 5. The Labute approximate surface area is 137 Å². The first-order chi connectivity index (χ1) is 11.6. The lowest BCUT2D eigenvalue weighted by Gasteiger charge is -2.10. The van der Waals surface area contributed by atoms with Crippen molar-refractivity contribution < 1.29 is 14.7 Å². The molecule has 7 nitrogen and oxygen atoms in total. The molecule has 7 heteroatoms. The molecule has 120 valence electrons. The monoisotopic (exact) mass is 322 g/mol. The van der Waals surface area contributed by atoms with E-state index in [1.165, 1.54) is 11.1 Å². The van der Waals surface area contributed by atoms with Crippen molar-refractivity contribution in [2.45, 2.75) is 6.92 Å². The number of carbonyl (C=O) groups is 2. The number of carboxylic acid groups (broad SMARTS) is 1. The molecule has 2 aromatic rings. The fourth-order valence-corrected chi connectivity index (χ4v) is 2.25. The maximum absolute atomic E-state index is 12.5. The maximum Gasteiger partial charge on any atom is 0.337 e. The molecule has 0 radical (unpaired) electrons. The zero-order chi connectivity index (χ0) is 17.1. The summed E-state index contributed by atoms with van der Waals surface area (Å²) in [6, 6.07) is 15.3. The van der Waals surface area contributed by atoms with Crippen molar-refractivity contribution in [1.29, 1.82) is 0 Å². The van der Waals surface area contributed by atoms with E-state index < -0.39 is 5.97 Å². The zero-order valence-corrected chi connectivity index (χ0v) is 12.8. The lowest BCUT2D eigenvalue weighted by molar-refractivity contribution is -0.112. The first-order valence-electron chi connectivity index (χ1n) is 7.19. The highest BCUT2D eigenvalue weighted by molar-refractivity contribution is 6.71. The van der Waals surface area contributed by atoms with Crippen LogP contribution in [0.1, 0.15) is 17.3 Å². The van der Waals surface area contributed by atoms with Crippen LogP contribution < -0.4 is 10.4 Å². The Morgan fingerprint density at radius 3 is 2.50 bits per heavy atom. The number of benzene rings is 2. The van der Waals surface area contributed by atoms with Crippen LogP contribution in [0.4, 0.5) is 11.4 Å². The lowest BCUT2D eigenvalue weighted by atomic mass is 10.2. The number of carboxylic acids is 1. The molecule has 0 atom stereocenters. The predicted octanol–water partition coefficient (Wildman–Crippen LogP) is 2.58. The fraction of sp³-hybridized carbons (Fsp3) is 0.0588. The minimum Gasteiger partial charge on any atom is -0.478 e. The molecular weight excluding hydrogens is 308 g/mol. The largest absolute Gasteiger partial charge is 0.478 e. The summed E-state index contributed by atoms with van der Waals surface area (Å²) in [5, 5.41) is 18.7. The van der Waals surface area contributed by atoms with Crippen molar-refractivity contribution in [3.05, 3.63) is 60.2 Å². The summed E-state index contributed by atoms with van der Waals surface area (Å²) >= 11 is 0. The third kappa shape index (κ3) is 2.87. The van der Waals surface area contributed by atoms with Crippen LogP contribution in [-0.4, -0.2) is 28.4 Å². The van der Waals surface area contributed by atoms with Crippen LogP contribution in [0.15, 0.2) is 64.8 Å². The highest BCUT2D eigenvalue weighted by atomic mass is 16.4. The van der Waals surface area contributed by atoms with E-state index in [9.17, 15) is 9.59 Å². The first-order valence-corrected chi connectivity index (χ1v) is 7.19. The van der Waals surface area contributed by atoms with E-state index in [1.54, 1.807) is 37.3 Å². The summed E-state index contributed by atoms with van der Waals surface area (Å²) < 4.78 is 0. The fourth-order valence-electron chi connectivity index (χ4n) is 2.25. The van der Waals surface area contributed by atoms with Crippen LogP contribution in [0.3, 0.4) is 0 Å². The number of aromatic carboxylic acids is 1. The summed E-state index contributed by atoms with van der Waals surface area (Å²) in [6.45, 7) is 1.67. The predicted molar refractivity (Wildman–Crippen MR) is 91.5 cm³/mol. The van der Waals surface area contributed by atoms with Gasteiger partial charge in [0.25, 0.3) is 0 Å². The number of para-hydroxylation sites is 2. The molecule has 0 fully saturated rings. The number of anilines is 2. The Kier molecular flexibility index (Phi) is 4.07. The van der Waals surface area contributed by atoms with Gasteiger partial charge in [-0.15, -0.1) is 0 Å². The molecule has 0 aromatic heterocycles. The second-order valence-electron chi connectivity index (χ2n) is 5.06.